The van der Waals surface area contributed by atoms with Gasteiger partial charge < -0.3 is 15.7 Å². The molecule has 3 N–H and O–H groups in total. The van der Waals surface area contributed by atoms with Crippen molar-refractivity contribution in [3.63, 3.8) is 0 Å². The van der Waals surface area contributed by atoms with E-state index in [0.29, 0.717) is 12.1 Å². The van der Waals surface area contributed by atoms with Gasteiger partial charge in [-0.2, -0.15) is 5.10 Å². The van der Waals surface area contributed by atoms with Crippen molar-refractivity contribution in [2.75, 3.05) is 18.5 Å². The predicted octanol–water partition coefficient (Wildman–Crippen LogP) is 2.16. The largest absolute Gasteiger partial charge is 0.395 e. The smallest absolute Gasteiger partial charge is 0.251 e. The van der Waals surface area contributed by atoms with Crippen LogP contribution in [0, 0.1) is 20.8 Å². The Morgan fingerprint density at radius 3 is 2.67 bits per heavy atom. The van der Waals surface area contributed by atoms with Gasteiger partial charge >= 0.3 is 0 Å². The quantitative estimate of drug-likeness (QED) is 0.727. The van der Waals surface area contributed by atoms with E-state index in [2.05, 4.69) is 29.6 Å². The number of carbonyl (C=O) groups excluding carboxylic acids is 1. The summed E-state index contributed by atoms with van der Waals surface area (Å²) in [6.07, 6.45) is 0. The van der Waals surface area contributed by atoms with E-state index >= 15 is 0 Å². The van der Waals surface area contributed by atoms with Crippen LogP contribution in [0.5, 0.6) is 0 Å². The molecule has 1 aromatic heterocycles. The van der Waals surface area contributed by atoms with Crippen molar-refractivity contribution in [2.45, 2.75) is 40.8 Å². The summed E-state index contributed by atoms with van der Waals surface area (Å²) in [5, 5.41) is 19.5. The zero-order valence-electron chi connectivity index (χ0n) is 14.8. The van der Waals surface area contributed by atoms with Crippen LogP contribution in [0.15, 0.2) is 18.2 Å². The van der Waals surface area contributed by atoms with Gasteiger partial charge in [-0.05, 0) is 45.4 Å². The molecule has 1 heterocycles. The van der Waals surface area contributed by atoms with Gasteiger partial charge in [-0.3, -0.25) is 9.48 Å². The highest BCUT2D eigenvalue weighted by atomic mass is 16.3. The highest BCUT2D eigenvalue weighted by Gasteiger charge is 2.13. The summed E-state index contributed by atoms with van der Waals surface area (Å²) in [5.41, 5.74) is 5.81. The van der Waals surface area contributed by atoms with E-state index in [0.717, 1.165) is 29.2 Å². The normalized spacial score (nSPS) is 10.7. The number of benzene rings is 1. The number of aliphatic hydroxyl groups excluding tert-OH is 1. The van der Waals surface area contributed by atoms with E-state index in [1.54, 1.807) is 6.07 Å². The molecule has 0 aliphatic carbocycles. The first-order valence-corrected chi connectivity index (χ1v) is 8.25. The van der Waals surface area contributed by atoms with Crippen LogP contribution in [-0.2, 0) is 13.1 Å². The molecule has 2 aromatic rings. The first-order valence-electron chi connectivity index (χ1n) is 8.25. The van der Waals surface area contributed by atoms with Gasteiger partial charge in [0.2, 0.25) is 0 Å². The number of aromatic nitrogens is 2. The molecule has 24 heavy (non-hydrogen) atoms. The Kier molecular flexibility index (Phi) is 5.98. The summed E-state index contributed by atoms with van der Waals surface area (Å²) >= 11 is 0. The first kappa shape index (κ1) is 18.0. The molecule has 1 amide bonds. The van der Waals surface area contributed by atoms with E-state index in [-0.39, 0.29) is 19.1 Å². The van der Waals surface area contributed by atoms with E-state index < -0.39 is 0 Å². The fourth-order valence-electron chi connectivity index (χ4n) is 2.82. The van der Waals surface area contributed by atoms with Crippen LogP contribution >= 0.6 is 0 Å². The lowest BCUT2D eigenvalue weighted by atomic mass is 10.1. The molecule has 0 saturated heterocycles. The van der Waals surface area contributed by atoms with Crippen LogP contribution in [0.25, 0.3) is 0 Å². The third-order valence-electron chi connectivity index (χ3n) is 4.26. The molecular weight excluding hydrogens is 304 g/mol. The van der Waals surface area contributed by atoms with Gasteiger partial charge in [0.15, 0.2) is 0 Å². The maximum atomic E-state index is 12.1. The van der Waals surface area contributed by atoms with Crippen molar-refractivity contribution in [1.29, 1.82) is 0 Å². The van der Waals surface area contributed by atoms with Crippen LogP contribution in [-0.4, -0.2) is 33.9 Å². The fraction of sp³-hybridized carbons (Fsp3) is 0.444. The highest BCUT2D eigenvalue weighted by Crippen LogP contribution is 2.21. The number of rotatable bonds is 7. The summed E-state index contributed by atoms with van der Waals surface area (Å²) in [7, 11) is 0. The first-order chi connectivity index (χ1) is 11.5. The molecule has 0 fully saturated rings. The zero-order valence-corrected chi connectivity index (χ0v) is 14.8. The highest BCUT2D eigenvalue weighted by molar-refractivity contribution is 5.97. The van der Waals surface area contributed by atoms with E-state index in [1.807, 2.05) is 30.7 Å². The molecule has 0 saturated carbocycles. The number of anilines is 1. The number of amides is 1. The van der Waals surface area contributed by atoms with Crippen molar-refractivity contribution in [1.82, 2.24) is 15.1 Å². The van der Waals surface area contributed by atoms with Crippen LogP contribution < -0.4 is 10.6 Å². The summed E-state index contributed by atoms with van der Waals surface area (Å²) in [6, 6.07) is 5.62. The molecule has 0 aliphatic rings. The molecule has 0 spiro atoms. The second-order valence-electron chi connectivity index (χ2n) is 5.78. The average molecular weight is 330 g/mol. The van der Waals surface area contributed by atoms with E-state index in [1.165, 1.54) is 5.56 Å². The third-order valence-corrected chi connectivity index (χ3v) is 4.26. The minimum atomic E-state index is -0.170. The number of aliphatic hydroxyl groups is 1. The standard InChI is InChI=1S/C18H26N4O2/c1-5-22-14(4)16(13(3)21-22)11-20-17-8-6-7-15(12(17)2)18(24)19-9-10-23/h6-8,20,23H,5,9-11H2,1-4H3,(H,19,24). The van der Waals surface area contributed by atoms with E-state index in [4.69, 9.17) is 5.11 Å². The lowest BCUT2D eigenvalue weighted by molar-refractivity contribution is 0.0944. The molecule has 6 heteroatoms. The van der Waals surface area contributed by atoms with Crippen LogP contribution in [0.1, 0.15) is 39.8 Å². The Bertz CT molecular complexity index is 722. The van der Waals surface area contributed by atoms with Gasteiger partial charge in [-0.25, -0.2) is 0 Å². The van der Waals surface area contributed by atoms with Crippen molar-refractivity contribution in [3.8, 4) is 0 Å². The van der Waals surface area contributed by atoms with Crippen molar-refractivity contribution in [3.05, 3.63) is 46.3 Å². The maximum Gasteiger partial charge on any atom is 0.251 e. The van der Waals surface area contributed by atoms with Gasteiger partial charge in [0.05, 0.1) is 12.3 Å². The second-order valence-corrected chi connectivity index (χ2v) is 5.78. The van der Waals surface area contributed by atoms with Gasteiger partial charge in [-0.1, -0.05) is 6.07 Å². The number of aryl methyl sites for hydroxylation is 2. The monoisotopic (exact) mass is 330 g/mol. The fourth-order valence-corrected chi connectivity index (χ4v) is 2.82. The molecule has 0 unspecified atom stereocenters. The van der Waals surface area contributed by atoms with Gasteiger partial charge in [0, 0.05) is 42.1 Å². The van der Waals surface area contributed by atoms with Crippen molar-refractivity contribution >= 4 is 11.6 Å². The minimum absolute atomic E-state index is 0.0668. The van der Waals surface area contributed by atoms with Crippen molar-refractivity contribution in [2.24, 2.45) is 0 Å². The summed E-state index contributed by atoms with van der Waals surface area (Å²) in [6.45, 7) is 9.80. The molecule has 0 radical (unpaired) electrons. The van der Waals surface area contributed by atoms with E-state index in [9.17, 15) is 4.79 Å². The summed E-state index contributed by atoms with van der Waals surface area (Å²) < 4.78 is 2.00. The molecule has 130 valence electrons. The van der Waals surface area contributed by atoms with Gasteiger partial charge in [-0.15, -0.1) is 0 Å². The van der Waals surface area contributed by atoms with Gasteiger partial charge in [0.1, 0.15) is 0 Å². The maximum absolute atomic E-state index is 12.1. The van der Waals surface area contributed by atoms with Crippen LogP contribution in [0.4, 0.5) is 5.69 Å². The average Bonchev–Trinajstić information content (AvgIpc) is 2.85. The van der Waals surface area contributed by atoms with Crippen LogP contribution in [0.3, 0.4) is 0 Å². The number of nitrogens with zero attached hydrogens (tertiary/aromatic N) is 2. The molecule has 1 aromatic carbocycles. The SMILES string of the molecule is CCn1nc(C)c(CNc2cccc(C(=O)NCCO)c2C)c1C. The molecule has 2 rings (SSSR count). The molecule has 0 aliphatic heterocycles. The summed E-state index contributed by atoms with van der Waals surface area (Å²) in [4.78, 5) is 12.1. The molecule has 6 nitrogen and oxygen atoms in total. The topological polar surface area (TPSA) is 79.2 Å². The Morgan fingerprint density at radius 1 is 1.29 bits per heavy atom. The second kappa shape index (κ2) is 7.97. The Labute approximate surface area is 142 Å². The number of carbonyl (C=O) groups is 1. The van der Waals surface area contributed by atoms with Crippen molar-refractivity contribution < 1.29 is 9.90 Å². The molecule has 0 bridgehead atoms. The third kappa shape index (κ3) is 3.76. The Balaban J connectivity index is 2.16. The van der Waals surface area contributed by atoms with Crippen LogP contribution in [0.2, 0.25) is 0 Å². The van der Waals surface area contributed by atoms with Gasteiger partial charge in [0.25, 0.3) is 5.91 Å². The predicted molar refractivity (Wildman–Crippen MR) is 95.3 cm³/mol. The Hall–Kier alpha value is -2.34. The lowest BCUT2D eigenvalue weighted by Gasteiger charge is -2.13. The zero-order chi connectivity index (χ0) is 17.7. The molecule has 0 atom stereocenters. The molecular formula is C18H26N4O2. The minimum Gasteiger partial charge on any atom is -0.395 e. The number of hydrogen-bond donors (Lipinski definition) is 3. The number of nitrogens with one attached hydrogen (secondary N) is 2. The lowest BCUT2D eigenvalue weighted by Crippen LogP contribution is -2.27. The Morgan fingerprint density at radius 2 is 2.04 bits per heavy atom. The summed E-state index contributed by atoms with van der Waals surface area (Å²) in [5.74, 6) is -0.170. The number of hydrogen-bond acceptors (Lipinski definition) is 4.